The van der Waals surface area contributed by atoms with E-state index in [2.05, 4.69) is 9.97 Å². The van der Waals surface area contributed by atoms with Gasteiger partial charge in [0, 0.05) is 22.3 Å². The molecule has 5 rings (SSSR count). The smallest absolute Gasteiger partial charge is 0.337 e. The van der Waals surface area contributed by atoms with Crippen molar-refractivity contribution in [2.75, 3.05) is 0 Å². The molecule has 4 aromatic rings. The molecule has 0 spiro atoms. The van der Waals surface area contributed by atoms with Crippen molar-refractivity contribution in [3.05, 3.63) is 77.4 Å². The van der Waals surface area contributed by atoms with E-state index in [-0.39, 0.29) is 11.3 Å². The number of rotatable bonds is 2. The minimum atomic E-state index is -1.02. The molecular weight excluding hydrogens is 328 g/mol. The van der Waals surface area contributed by atoms with E-state index >= 15 is 0 Å². The molecule has 5 nitrogen and oxygen atoms in total. The molecule has 1 heterocycles. The first-order valence-electron chi connectivity index (χ1n) is 8.14. The summed E-state index contributed by atoms with van der Waals surface area (Å²) >= 11 is 0. The molecule has 5 heteroatoms. The molecule has 2 N–H and O–H groups in total. The molecule has 26 heavy (non-hydrogen) atoms. The largest absolute Gasteiger partial charge is 0.478 e. The van der Waals surface area contributed by atoms with Crippen LogP contribution in [0, 0.1) is 0 Å². The van der Waals surface area contributed by atoms with E-state index in [1.165, 1.54) is 6.07 Å². The monoisotopic (exact) mass is 340 g/mol. The van der Waals surface area contributed by atoms with Crippen LogP contribution in [0.5, 0.6) is 0 Å². The first kappa shape index (κ1) is 14.6. The fourth-order valence-corrected chi connectivity index (χ4v) is 3.61. The van der Waals surface area contributed by atoms with E-state index in [0.717, 1.165) is 16.7 Å². The number of carbonyl (C=O) groups is 2. The third-order valence-electron chi connectivity index (χ3n) is 4.75. The fourth-order valence-electron chi connectivity index (χ4n) is 3.61. The van der Waals surface area contributed by atoms with Crippen LogP contribution in [-0.4, -0.2) is 26.8 Å². The number of imidazole rings is 1. The van der Waals surface area contributed by atoms with Crippen molar-refractivity contribution in [2.24, 2.45) is 0 Å². The average molecular weight is 340 g/mol. The summed E-state index contributed by atoms with van der Waals surface area (Å²) in [7, 11) is 0. The molecule has 1 aliphatic carbocycles. The number of carboxylic acids is 1. The molecule has 0 radical (unpaired) electrons. The highest BCUT2D eigenvalue weighted by atomic mass is 16.4. The topological polar surface area (TPSA) is 83.1 Å². The molecule has 0 saturated carbocycles. The molecule has 0 aliphatic heterocycles. The number of hydrogen-bond acceptors (Lipinski definition) is 3. The van der Waals surface area contributed by atoms with Gasteiger partial charge in [0.2, 0.25) is 0 Å². The maximum absolute atomic E-state index is 12.7. The standard InChI is InChI=1S/C21H12N2O3/c24-19-12-6-2-1-5-11(12)17-13(19)7-3-8-14(17)20-22-16-10-4-9-15(21(25)26)18(16)23-20/h1-10H,(H,22,23)(H,25,26). The number of carboxylic acid groups (broad SMARTS) is 1. The Balaban J connectivity index is 1.80. The van der Waals surface area contributed by atoms with Crippen LogP contribution in [0.3, 0.4) is 0 Å². The average Bonchev–Trinajstić information content (AvgIpc) is 3.22. The van der Waals surface area contributed by atoms with Crippen LogP contribution in [0.4, 0.5) is 0 Å². The Morgan fingerprint density at radius 3 is 2.35 bits per heavy atom. The van der Waals surface area contributed by atoms with Crippen LogP contribution in [-0.2, 0) is 0 Å². The van der Waals surface area contributed by atoms with Gasteiger partial charge in [-0.1, -0.05) is 48.5 Å². The number of aromatic amines is 1. The maximum Gasteiger partial charge on any atom is 0.337 e. The molecule has 124 valence electrons. The van der Waals surface area contributed by atoms with Crippen molar-refractivity contribution in [1.82, 2.24) is 9.97 Å². The summed E-state index contributed by atoms with van der Waals surface area (Å²) in [5.41, 5.74) is 5.02. The number of fused-ring (bicyclic) bond motifs is 4. The zero-order valence-corrected chi connectivity index (χ0v) is 13.5. The van der Waals surface area contributed by atoms with Crippen molar-refractivity contribution >= 4 is 22.8 Å². The predicted octanol–water partition coefficient (Wildman–Crippen LogP) is 4.14. The highest BCUT2D eigenvalue weighted by Gasteiger charge is 2.29. The number of nitrogens with one attached hydrogen (secondary N) is 1. The van der Waals surface area contributed by atoms with E-state index in [1.807, 2.05) is 42.5 Å². The normalized spacial score (nSPS) is 12.2. The quantitative estimate of drug-likeness (QED) is 0.506. The molecule has 1 aliphatic rings. The van der Waals surface area contributed by atoms with Gasteiger partial charge in [-0.3, -0.25) is 4.79 Å². The highest BCUT2D eigenvalue weighted by molar-refractivity contribution is 6.23. The van der Waals surface area contributed by atoms with Gasteiger partial charge >= 0.3 is 5.97 Å². The number of para-hydroxylation sites is 1. The molecule has 0 bridgehead atoms. The summed E-state index contributed by atoms with van der Waals surface area (Å²) in [5.74, 6) is -0.470. The van der Waals surface area contributed by atoms with E-state index in [9.17, 15) is 14.7 Å². The van der Waals surface area contributed by atoms with Gasteiger partial charge in [0.05, 0.1) is 11.1 Å². The van der Waals surface area contributed by atoms with Crippen molar-refractivity contribution in [3.63, 3.8) is 0 Å². The van der Waals surface area contributed by atoms with Crippen LogP contribution >= 0.6 is 0 Å². The summed E-state index contributed by atoms with van der Waals surface area (Å²) in [5, 5.41) is 9.38. The van der Waals surface area contributed by atoms with Crippen molar-refractivity contribution in [2.45, 2.75) is 0 Å². The first-order valence-corrected chi connectivity index (χ1v) is 8.14. The van der Waals surface area contributed by atoms with E-state index in [4.69, 9.17) is 0 Å². The minimum absolute atomic E-state index is 0.000198. The Hall–Kier alpha value is -3.73. The van der Waals surface area contributed by atoms with E-state index < -0.39 is 5.97 Å². The molecule has 0 amide bonds. The van der Waals surface area contributed by atoms with Crippen LogP contribution in [0.15, 0.2) is 60.7 Å². The summed E-state index contributed by atoms with van der Waals surface area (Å²) in [6, 6.07) is 18.0. The molecule has 0 saturated heterocycles. The second-order valence-corrected chi connectivity index (χ2v) is 6.20. The van der Waals surface area contributed by atoms with Gasteiger partial charge in [0.25, 0.3) is 0 Å². The molecular formula is C21H12N2O3. The van der Waals surface area contributed by atoms with Crippen LogP contribution in [0.25, 0.3) is 33.5 Å². The molecule has 1 aromatic heterocycles. The summed E-state index contributed by atoms with van der Waals surface area (Å²) in [4.78, 5) is 31.9. The number of ketones is 1. The Kier molecular flexibility index (Phi) is 2.88. The van der Waals surface area contributed by atoms with Gasteiger partial charge < -0.3 is 10.1 Å². The third-order valence-corrected chi connectivity index (χ3v) is 4.75. The minimum Gasteiger partial charge on any atom is -0.478 e. The zero-order chi connectivity index (χ0) is 17.8. The number of carbonyl (C=O) groups excluding carboxylic acids is 1. The molecule has 0 unspecified atom stereocenters. The zero-order valence-electron chi connectivity index (χ0n) is 13.5. The molecule has 0 atom stereocenters. The van der Waals surface area contributed by atoms with Gasteiger partial charge in [-0.2, -0.15) is 0 Å². The second kappa shape index (κ2) is 5.13. The van der Waals surface area contributed by atoms with Crippen molar-refractivity contribution in [3.8, 4) is 22.5 Å². The number of aromatic carboxylic acids is 1. The maximum atomic E-state index is 12.7. The predicted molar refractivity (Wildman–Crippen MR) is 97.4 cm³/mol. The second-order valence-electron chi connectivity index (χ2n) is 6.20. The Morgan fingerprint density at radius 2 is 1.54 bits per heavy atom. The van der Waals surface area contributed by atoms with Crippen LogP contribution < -0.4 is 0 Å². The number of H-pyrrole nitrogens is 1. The van der Waals surface area contributed by atoms with Crippen LogP contribution in [0.1, 0.15) is 26.3 Å². The Bertz CT molecular complexity index is 1240. The van der Waals surface area contributed by atoms with Gasteiger partial charge in [0.15, 0.2) is 5.78 Å². The number of hydrogen-bond donors (Lipinski definition) is 2. The highest BCUT2D eigenvalue weighted by Crippen LogP contribution is 2.42. The van der Waals surface area contributed by atoms with E-state index in [1.54, 1.807) is 12.1 Å². The third kappa shape index (κ3) is 1.88. The van der Waals surface area contributed by atoms with Gasteiger partial charge in [-0.25, -0.2) is 9.78 Å². The molecule has 3 aromatic carbocycles. The van der Waals surface area contributed by atoms with Gasteiger partial charge in [-0.15, -0.1) is 0 Å². The summed E-state index contributed by atoms with van der Waals surface area (Å²) in [6.45, 7) is 0. The van der Waals surface area contributed by atoms with Gasteiger partial charge in [0.1, 0.15) is 11.3 Å². The van der Waals surface area contributed by atoms with Gasteiger partial charge in [-0.05, 0) is 17.7 Å². The van der Waals surface area contributed by atoms with Crippen molar-refractivity contribution in [1.29, 1.82) is 0 Å². The lowest BCUT2D eigenvalue weighted by molar-refractivity contribution is 0.0698. The Labute approximate surface area is 147 Å². The first-order chi connectivity index (χ1) is 12.6. The molecule has 0 fully saturated rings. The Morgan fingerprint density at radius 1 is 0.846 bits per heavy atom. The van der Waals surface area contributed by atoms with Crippen molar-refractivity contribution < 1.29 is 14.7 Å². The fraction of sp³-hybridized carbons (Fsp3) is 0. The van der Waals surface area contributed by atoms with Crippen LogP contribution in [0.2, 0.25) is 0 Å². The lowest BCUT2D eigenvalue weighted by Crippen LogP contribution is -1.96. The number of aromatic nitrogens is 2. The SMILES string of the molecule is O=C1c2ccccc2-c2c1cccc2-c1nc2c(C(=O)O)cccc2[nH]1. The van der Waals surface area contributed by atoms with E-state index in [0.29, 0.717) is 28.0 Å². The lowest BCUT2D eigenvalue weighted by atomic mass is 9.99. The number of benzene rings is 3. The number of nitrogens with zero attached hydrogens (tertiary/aromatic N) is 1. The summed E-state index contributed by atoms with van der Waals surface area (Å²) < 4.78 is 0. The summed E-state index contributed by atoms with van der Waals surface area (Å²) in [6.07, 6.45) is 0. The lowest BCUT2D eigenvalue weighted by Gasteiger charge is -2.06.